The first kappa shape index (κ1) is 22.5. The number of carbonyl (C=O) groups excluding carboxylic acids is 1. The molecule has 0 radical (unpaired) electrons. The van der Waals surface area contributed by atoms with Crippen LogP contribution in [-0.4, -0.2) is 47.9 Å². The molecule has 1 aromatic carbocycles. The molecule has 178 valence electrons. The zero-order valence-corrected chi connectivity index (χ0v) is 19.9. The van der Waals surface area contributed by atoms with Gasteiger partial charge in [-0.25, -0.2) is 8.42 Å². The van der Waals surface area contributed by atoms with Crippen molar-refractivity contribution in [3.63, 3.8) is 0 Å². The summed E-state index contributed by atoms with van der Waals surface area (Å²) in [6, 6.07) is 5.55. The number of benzene rings is 1. The molecule has 0 bridgehead atoms. The zero-order chi connectivity index (χ0) is 23.0. The Bertz CT molecular complexity index is 1110. The van der Waals surface area contributed by atoms with Gasteiger partial charge in [0.2, 0.25) is 27.6 Å². The molecule has 9 heteroatoms. The van der Waals surface area contributed by atoms with Gasteiger partial charge in [-0.3, -0.25) is 4.79 Å². The first-order valence-corrected chi connectivity index (χ1v) is 13.6. The molecule has 8 nitrogen and oxygen atoms in total. The molecule has 2 aromatic rings. The van der Waals surface area contributed by atoms with Crippen LogP contribution in [0.5, 0.6) is 0 Å². The maximum absolute atomic E-state index is 13.5. The van der Waals surface area contributed by atoms with Gasteiger partial charge in [0.1, 0.15) is 0 Å². The summed E-state index contributed by atoms with van der Waals surface area (Å²) in [5.41, 5.74) is 1.32. The van der Waals surface area contributed by atoms with Gasteiger partial charge in [0, 0.05) is 36.5 Å². The number of amides is 1. The van der Waals surface area contributed by atoms with E-state index in [0.29, 0.717) is 54.7 Å². The standard InChI is InChI=1S/C24H32N4O4S/c1-16-7-8-19(22-26-24(32-27-22)18-9-10-18)15-21(16)33(30,31)28-13-11-17(12-14-28)23(29)25-20-5-3-2-4-6-20/h7-8,15,17-18,20H,2-6,9-14H2,1H3,(H,25,29). The second kappa shape index (κ2) is 9.18. The number of hydrogen-bond donors (Lipinski definition) is 1. The summed E-state index contributed by atoms with van der Waals surface area (Å²) in [5.74, 6) is 1.36. The molecule has 1 aromatic heterocycles. The number of nitrogens with one attached hydrogen (secondary N) is 1. The van der Waals surface area contributed by atoms with Crippen LogP contribution >= 0.6 is 0 Å². The maximum Gasteiger partial charge on any atom is 0.243 e. The Morgan fingerprint density at radius 3 is 2.48 bits per heavy atom. The number of aromatic nitrogens is 2. The third-order valence-electron chi connectivity index (χ3n) is 7.21. The van der Waals surface area contributed by atoms with E-state index >= 15 is 0 Å². The SMILES string of the molecule is Cc1ccc(-c2noc(C3CC3)n2)cc1S(=O)(=O)N1CCC(C(=O)NC2CCCCC2)CC1. The number of nitrogens with zero attached hydrogens (tertiary/aromatic N) is 3. The second-order valence-electron chi connectivity index (χ2n) is 9.73. The van der Waals surface area contributed by atoms with E-state index in [4.69, 9.17) is 4.52 Å². The van der Waals surface area contributed by atoms with Crippen LogP contribution in [0.15, 0.2) is 27.6 Å². The number of sulfonamides is 1. The van der Waals surface area contributed by atoms with Gasteiger partial charge >= 0.3 is 0 Å². The van der Waals surface area contributed by atoms with E-state index in [1.807, 2.05) is 6.07 Å². The highest BCUT2D eigenvalue weighted by atomic mass is 32.2. The van der Waals surface area contributed by atoms with Gasteiger partial charge in [-0.15, -0.1) is 0 Å². The number of rotatable bonds is 6. The van der Waals surface area contributed by atoms with Crippen LogP contribution in [0.25, 0.3) is 11.4 Å². The van der Waals surface area contributed by atoms with Crippen LogP contribution in [0.1, 0.15) is 75.2 Å². The fourth-order valence-electron chi connectivity index (χ4n) is 4.93. The van der Waals surface area contributed by atoms with Crippen LogP contribution in [0.3, 0.4) is 0 Å². The molecule has 3 fully saturated rings. The van der Waals surface area contributed by atoms with Crippen molar-refractivity contribution in [3.8, 4) is 11.4 Å². The van der Waals surface area contributed by atoms with Gasteiger partial charge in [0.15, 0.2) is 0 Å². The van der Waals surface area contributed by atoms with E-state index in [-0.39, 0.29) is 22.8 Å². The van der Waals surface area contributed by atoms with E-state index in [0.717, 1.165) is 25.7 Å². The summed E-state index contributed by atoms with van der Waals surface area (Å²) in [7, 11) is -3.68. The lowest BCUT2D eigenvalue weighted by Crippen LogP contribution is -2.45. The molecule has 1 saturated heterocycles. The molecular formula is C24H32N4O4S. The fourth-order valence-corrected chi connectivity index (χ4v) is 6.65. The van der Waals surface area contributed by atoms with Gasteiger partial charge in [-0.1, -0.05) is 36.6 Å². The highest BCUT2D eigenvalue weighted by Gasteiger charge is 2.34. The van der Waals surface area contributed by atoms with Crippen LogP contribution < -0.4 is 5.32 Å². The molecule has 0 unspecified atom stereocenters. The first-order valence-electron chi connectivity index (χ1n) is 12.2. The van der Waals surface area contributed by atoms with E-state index in [9.17, 15) is 13.2 Å². The van der Waals surface area contributed by atoms with E-state index < -0.39 is 10.0 Å². The summed E-state index contributed by atoms with van der Waals surface area (Å²) in [6.45, 7) is 2.50. The third-order valence-corrected chi connectivity index (χ3v) is 9.25. The Balaban J connectivity index is 1.26. The van der Waals surface area contributed by atoms with Crippen molar-refractivity contribution in [2.75, 3.05) is 13.1 Å². The summed E-state index contributed by atoms with van der Waals surface area (Å²) in [4.78, 5) is 17.4. The molecule has 0 atom stereocenters. The van der Waals surface area contributed by atoms with Crippen LogP contribution in [0, 0.1) is 12.8 Å². The van der Waals surface area contributed by atoms with E-state index in [2.05, 4.69) is 15.5 Å². The Kier molecular flexibility index (Phi) is 6.26. The topological polar surface area (TPSA) is 105 Å². The average molecular weight is 473 g/mol. The third kappa shape index (κ3) is 4.84. The lowest BCUT2D eigenvalue weighted by atomic mass is 9.93. The molecule has 2 saturated carbocycles. The van der Waals surface area contributed by atoms with Gasteiger partial charge in [-0.05, 0) is 57.1 Å². The van der Waals surface area contributed by atoms with Crippen LogP contribution in [0.4, 0.5) is 0 Å². The lowest BCUT2D eigenvalue weighted by molar-refractivity contribution is -0.127. The Hall–Kier alpha value is -2.26. The number of carbonyl (C=O) groups is 1. The van der Waals surface area contributed by atoms with Gasteiger partial charge in [-0.2, -0.15) is 9.29 Å². The predicted molar refractivity (Wildman–Crippen MR) is 123 cm³/mol. The van der Waals surface area contributed by atoms with Crippen molar-refractivity contribution in [2.24, 2.45) is 5.92 Å². The second-order valence-corrected chi connectivity index (χ2v) is 11.6. The Morgan fingerprint density at radius 2 is 1.79 bits per heavy atom. The van der Waals surface area contributed by atoms with Crippen molar-refractivity contribution in [2.45, 2.75) is 81.6 Å². The quantitative estimate of drug-likeness (QED) is 0.686. The highest BCUT2D eigenvalue weighted by molar-refractivity contribution is 7.89. The number of hydrogen-bond acceptors (Lipinski definition) is 6. The number of aryl methyl sites for hydroxylation is 1. The van der Waals surface area contributed by atoms with E-state index in [1.165, 1.54) is 23.6 Å². The van der Waals surface area contributed by atoms with E-state index in [1.54, 1.807) is 19.1 Å². The van der Waals surface area contributed by atoms with Gasteiger partial charge in [0.05, 0.1) is 4.90 Å². The monoisotopic (exact) mass is 472 g/mol. The zero-order valence-electron chi connectivity index (χ0n) is 19.1. The Morgan fingerprint density at radius 1 is 1.06 bits per heavy atom. The highest BCUT2D eigenvalue weighted by Crippen LogP contribution is 2.39. The van der Waals surface area contributed by atoms with Crippen LogP contribution in [-0.2, 0) is 14.8 Å². The van der Waals surface area contributed by atoms with Crippen molar-refractivity contribution < 1.29 is 17.7 Å². The molecule has 1 N–H and O–H groups in total. The average Bonchev–Trinajstić information content (AvgIpc) is 3.56. The smallest absolute Gasteiger partial charge is 0.243 e. The van der Waals surface area contributed by atoms with Gasteiger partial charge < -0.3 is 9.84 Å². The first-order chi connectivity index (χ1) is 15.9. The fraction of sp³-hybridized carbons (Fsp3) is 0.625. The van der Waals surface area contributed by atoms with Crippen molar-refractivity contribution in [1.29, 1.82) is 0 Å². The molecule has 3 aliphatic rings. The molecule has 5 rings (SSSR count). The molecular weight excluding hydrogens is 440 g/mol. The van der Waals surface area contributed by atoms with Gasteiger partial charge in [0.25, 0.3) is 0 Å². The predicted octanol–water partition coefficient (Wildman–Crippen LogP) is 3.77. The minimum Gasteiger partial charge on any atom is -0.353 e. The minimum absolute atomic E-state index is 0.0840. The maximum atomic E-state index is 13.5. The molecule has 1 amide bonds. The molecule has 1 aliphatic heterocycles. The van der Waals surface area contributed by atoms with Crippen molar-refractivity contribution in [1.82, 2.24) is 19.8 Å². The molecule has 0 spiro atoms. The van der Waals surface area contributed by atoms with Crippen molar-refractivity contribution >= 4 is 15.9 Å². The largest absolute Gasteiger partial charge is 0.353 e. The number of piperidine rings is 1. The molecule has 33 heavy (non-hydrogen) atoms. The summed E-state index contributed by atoms with van der Waals surface area (Å²) < 4.78 is 33.8. The minimum atomic E-state index is -3.68. The lowest BCUT2D eigenvalue weighted by Gasteiger charge is -2.32. The Labute approximate surface area is 195 Å². The summed E-state index contributed by atoms with van der Waals surface area (Å²) >= 11 is 0. The molecule has 2 heterocycles. The summed E-state index contributed by atoms with van der Waals surface area (Å²) in [5, 5.41) is 7.24. The van der Waals surface area contributed by atoms with Crippen molar-refractivity contribution in [3.05, 3.63) is 29.7 Å². The normalized spacial score (nSPS) is 21.2. The van der Waals surface area contributed by atoms with Crippen LogP contribution in [0.2, 0.25) is 0 Å². The molecule has 2 aliphatic carbocycles. The summed E-state index contributed by atoms with van der Waals surface area (Å²) in [6.07, 6.45) is 8.91.